The lowest BCUT2D eigenvalue weighted by molar-refractivity contribution is -0.135. The lowest BCUT2D eigenvalue weighted by Gasteiger charge is -2.30. The van der Waals surface area contributed by atoms with Crippen molar-refractivity contribution in [1.82, 2.24) is 45.3 Å². The van der Waals surface area contributed by atoms with Crippen LogP contribution in [0.5, 0.6) is 0 Å². The van der Waals surface area contributed by atoms with Crippen LogP contribution in [-0.2, 0) is 14.3 Å². The van der Waals surface area contributed by atoms with Gasteiger partial charge >= 0.3 is 12.1 Å². The molecule has 0 saturated carbocycles. The second-order valence-corrected chi connectivity index (χ2v) is 16.7. The van der Waals surface area contributed by atoms with E-state index < -0.39 is 24.3 Å². The number of methoxy groups -OCH3 is 1. The number of benzene rings is 3. The first-order valence-electron chi connectivity index (χ1n) is 21.6. The minimum absolute atomic E-state index is 0.112. The zero-order valence-electron chi connectivity index (χ0n) is 35.7. The molecule has 15 heteroatoms. The number of aromatic amines is 2. The molecule has 15 nitrogen and oxygen atoms in total. The average molecular weight is 852 g/mol. The van der Waals surface area contributed by atoms with Gasteiger partial charge in [-0.1, -0.05) is 80.3 Å². The van der Waals surface area contributed by atoms with Gasteiger partial charge in [0.15, 0.2) is 0 Å². The average Bonchev–Trinajstić information content (AvgIpc) is 4.17. The van der Waals surface area contributed by atoms with Gasteiger partial charge in [-0.05, 0) is 79.0 Å². The van der Waals surface area contributed by atoms with Gasteiger partial charge in [-0.2, -0.15) is 0 Å². The Labute approximate surface area is 366 Å². The molecule has 5 amide bonds. The fraction of sp³-hybridized carbons (Fsp3) is 0.375. The number of rotatable bonds is 10. The number of nitrogens with one attached hydrogen (secondary N) is 4. The van der Waals surface area contributed by atoms with Crippen molar-refractivity contribution >= 4 is 23.9 Å². The number of nitrogens with zero attached hydrogens (tertiary/aromatic N) is 5. The molecule has 63 heavy (non-hydrogen) atoms. The van der Waals surface area contributed by atoms with Gasteiger partial charge in [0.2, 0.25) is 11.8 Å². The number of carbonyl (C=O) groups excluding carboxylic acids is 4. The van der Waals surface area contributed by atoms with Gasteiger partial charge in [0.25, 0.3) is 0 Å². The zero-order valence-corrected chi connectivity index (χ0v) is 35.7. The van der Waals surface area contributed by atoms with Crippen LogP contribution in [0, 0.1) is 17.8 Å². The second kappa shape index (κ2) is 19.0. The van der Waals surface area contributed by atoms with Gasteiger partial charge < -0.3 is 45.1 Å². The van der Waals surface area contributed by atoms with E-state index in [2.05, 4.69) is 37.4 Å². The maximum atomic E-state index is 14.2. The van der Waals surface area contributed by atoms with E-state index in [0.717, 1.165) is 59.3 Å². The SMILES string of the molecule is COC(=O)N[C@H](C(=O)N1CCC[C@H]1c1ncc(-c2ccc(C#Cc3ccc(-c4cnc([C@@H]5CCCN5C(=O)[C@H](NC(=O)N5CC[C@H](O)C5)c5ccccc5)[nH]4)cc3)cc2)[nH]1)C(C)C. The standard InChI is InChI=1S/C48H53N9O6/c1-30(2)41(54-48(62)63-3)45(59)56-24-7-11-39(56)43-49-27-37(51-43)33-19-15-31(16-20-33)13-14-32-17-21-34(22-18-32)38-28-50-44(52-38)40-12-8-25-57(40)46(60)42(35-9-5-4-6-10-35)53-47(61)55-26-23-36(58)29-55/h4-6,9-10,15-22,27-28,30,36,39-42,58H,7-8,11-12,23-26,29H2,1-3H3,(H,49,51)(H,50,52)(H,53,61)(H,54,62)/t36-,39-,40-,41-,42+/m0/s1. The van der Waals surface area contributed by atoms with E-state index in [1.165, 1.54) is 7.11 Å². The Bertz CT molecular complexity index is 2470. The molecule has 3 aliphatic rings. The van der Waals surface area contributed by atoms with Gasteiger partial charge in [0, 0.05) is 37.3 Å². The molecule has 0 spiro atoms. The van der Waals surface area contributed by atoms with Gasteiger partial charge in [-0.15, -0.1) is 0 Å². The molecule has 3 fully saturated rings. The zero-order chi connectivity index (χ0) is 44.0. The normalized spacial score (nSPS) is 19.4. The number of hydrogen-bond donors (Lipinski definition) is 5. The Morgan fingerprint density at radius 1 is 0.730 bits per heavy atom. The first kappa shape index (κ1) is 42.8. The van der Waals surface area contributed by atoms with Crippen LogP contribution in [0.1, 0.15) is 92.4 Å². The Kier molecular flexibility index (Phi) is 12.9. The molecule has 0 unspecified atom stereocenters. The molecule has 3 aliphatic heterocycles. The molecular weight excluding hydrogens is 799 g/mol. The van der Waals surface area contributed by atoms with E-state index in [0.29, 0.717) is 43.3 Å². The highest BCUT2D eigenvalue weighted by Crippen LogP contribution is 2.35. The van der Waals surface area contributed by atoms with E-state index >= 15 is 0 Å². The van der Waals surface area contributed by atoms with Crippen LogP contribution in [0.4, 0.5) is 9.59 Å². The van der Waals surface area contributed by atoms with E-state index in [4.69, 9.17) is 9.72 Å². The van der Waals surface area contributed by atoms with Gasteiger partial charge in [-0.3, -0.25) is 9.59 Å². The summed E-state index contributed by atoms with van der Waals surface area (Å²) in [4.78, 5) is 74.3. The van der Waals surface area contributed by atoms with Gasteiger partial charge in [0.1, 0.15) is 23.7 Å². The number of β-amino-alcohol motifs (C(OH)–C–C–N with tert-alkyl or cyclic N) is 1. The number of ether oxygens (including phenoxy) is 1. The molecule has 2 aromatic heterocycles. The molecule has 5 atom stereocenters. The number of amides is 5. The quantitative estimate of drug-likeness (QED) is 0.104. The summed E-state index contributed by atoms with van der Waals surface area (Å²) in [6.07, 6.45) is 6.05. The molecule has 5 heterocycles. The van der Waals surface area contributed by atoms with Crippen molar-refractivity contribution < 1.29 is 29.0 Å². The number of aromatic nitrogens is 4. The third-order valence-corrected chi connectivity index (χ3v) is 12.1. The lowest BCUT2D eigenvalue weighted by Crippen LogP contribution is -2.51. The fourth-order valence-electron chi connectivity index (χ4n) is 8.66. The predicted molar refractivity (Wildman–Crippen MR) is 235 cm³/mol. The summed E-state index contributed by atoms with van der Waals surface area (Å²) >= 11 is 0. The van der Waals surface area contributed by atoms with Crippen LogP contribution in [0.3, 0.4) is 0 Å². The Morgan fingerprint density at radius 3 is 1.76 bits per heavy atom. The van der Waals surface area contributed by atoms with E-state index in [-0.39, 0.29) is 42.4 Å². The fourth-order valence-corrected chi connectivity index (χ4v) is 8.66. The number of aliphatic hydroxyl groups excluding tert-OH is 1. The summed E-state index contributed by atoms with van der Waals surface area (Å²) < 4.78 is 4.75. The number of urea groups is 1. The number of likely N-dealkylation sites (tertiary alicyclic amines) is 3. The minimum Gasteiger partial charge on any atom is -0.453 e. The Morgan fingerprint density at radius 2 is 1.27 bits per heavy atom. The number of alkyl carbamates (subject to hydrolysis) is 1. The van der Waals surface area contributed by atoms with Crippen LogP contribution >= 0.6 is 0 Å². The van der Waals surface area contributed by atoms with Gasteiger partial charge in [0.05, 0.1) is 49.1 Å². The van der Waals surface area contributed by atoms with Crippen LogP contribution in [0.15, 0.2) is 91.3 Å². The largest absolute Gasteiger partial charge is 0.453 e. The number of carbonyl (C=O) groups is 4. The molecule has 3 aromatic carbocycles. The number of H-pyrrole nitrogens is 2. The monoisotopic (exact) mass is 851 g/mol. The highest BCUT2D eigenvalue weighted by molar-refractivity contribution is 5.89. The minimum atomic E-state index is -0.876. The van der Waals surface area contributed by atoms with Crippen molar-refractivity contribution in [2.45, 2.75) is 76.2 Å². The van der Waals surface area contributed by atoms with Crippen molar-refractivity contribution in [3.05, 3.63) is 120 Å². The topological polar surface area (TPSA) is 189 Å². The molecule has 0 bridgehead atoms. The third kappa shape index (κ3) is 9.61. The first-order chi connectivity index (χ1) is 30.6. The van der Waals surface area contributed by atoms with Crippen molar-refractivity contribution in [2.75, 3.05) is 33.3 Å². The summed E-state index contributed by atoms with van der Waals surface area (Å²) in [5.74, 6) is 7.45. The summed E-state index contributed by atoms with van der Waals surface area (Å²) in [6.45, 7) is 5.60. The highest BCUT2D eigenvalue weighted by atomic mass is 16.5. The number of imidazole rings is 2. The molecule has 8 rings (SSSR count). The molecular formula is C48H53N9O6. The van der Waals surface area contributed by atoms with Crippen molar-refractivity contribution in [1.29, 1.82) is 0 Å². The van der Waals surface area contributed by atoms with Gasteiger partial charge in [-0.25, -0.2) is 19.6 Å². The predicted octanol–water partition coefficient (Wildman–Crippen LogP) is 6.09. The van der Waals surface area contributed by atoms with E-state index in [1.807, 2.05) is 97.6 Å². The molecule has 0 aliphatic carbocycles. The van der Waals surface area contributed by atoms with Crippen LogP contribution in [-0.4, -0.2) is 109 Å². The van der Waals surface area contributed by atoms with Crippen LogP contribution < -0.4 is 10.6 Å². The van der Waals surface area contributed by atoms with Crippen LogP contribution in [0.25, 0.3) is 22.5 Å². The van der Waals surface area contributed by atoms with Crippen molar-refractivity contribution in [2.24, 2.45) is 5.92 Å². The molecule has 5 aromatic rings. The van der Waals surface area contributed by atoms with E-state index in [1.54, 1.807) is 22.2 Å². The number of hydrogen-bond acceptors (Lipinski definition) is 8. The third-order valence-electron chi connectivity index (χ3n) is 12.1. The Hall–Kier alpha value is -6.92. The van der Waals surface area contributed by atoms with Crippen molar-refractivity contribution in [3.63, 3.8) is 0 Å². The highest BCUT2D eigenvalue weighted by Gasteiger charge is 2.39. The molecule has 5 N–H and O–H groups in total. The van der Waals surface area contributed by atoms with E-state index in [9.17, 15) is 24.3 Å². The smallest absolute Gasteiger partial charge is 0.407 e. The maximum absolute atomic E-state index is 14.2. The first-order valence-corrected chi connectivity index (χ1v) is 21.6. The second-order valence-electron chi connectivity index (χ2n) is 16.7. The number of aliphatic hydroxyl groups is 1. The lowest BCUT2D eigenvalue weighted by atomic mass is 10.0. The molecule has 3 saturated heterocycles. The Balaban J connectivity index is 0.894. The molecule has 0 radical (unpaired) electrons. The summed E-state index contributed by atoms with van der Waals surface area (Å²) in [7, 11) is 1.29. The maximum Gasteiger partial charge on any atom is 0.407 e. The molecule has 326 valence electrons. The van der Waals surface area contributed by atoms with Crippen molar-refractivity contribution in [3.8, 4) is 34.4 Å². The van der Waals surface area contributed by atoms with Crippen LogP contribution in [0.2, 0.25) is 0 Å². The summed E-state index contributed by atoms with van der Waals surface area (Å²) in [5.41, 5.74) is 5.93. The summed E-state index contributed by atoms with van der Waals surface area (Å²) in [6, 6.07) is 22.7. The summed E-state index contributed by atoms with van der Waals surface area (Å²) in [5, 5.41) is 15.6.